The summed E-state index contributed by atoms with van der Waals surface area (Å²) in [5, 5.41) is 0. The summed E-state index contributed by atoms with van der Waals surface area (Å²) < 4.78 is 4.97. The summed E-state index contributed by atoms with van der Waals surface area (Å²) in [6.45, 7) is 2.49. The van der Waals surface area contributed by atoms with Gasteiger partial charge in [-0.05, 0) is 25.7 Å². The summed E-state index contributed by atoms with van der Waals surface area (Å²) in [5.41, 5.74) is 0.641. The zero-order chi connectivity index (χ0) is 11.1. The molecule has 0 unspecified atom stereocenters. The molecule has 0 N–H and O–H groups in total. The highest BCUT2D eigenvalue weighted by molar-refractivity contribution is 6.01. The highest BCUT2D eigenvalue weighted by Crippen LogP contribution is 2.19. The normalized spacial score (nSPS) is 19.3. The van der Waals surface area contributed by atoms with Crippen LogP contribution in [0, 0.1) is 0 Å². The quantitative estimate of drug-likeness (QED) is 0.406. The van der Waals surface area contributed by atoms with Gasteiger partial charge in [-0.3, -0.25) is 4.79 Å². The fourth-order valence-corrected chi connectivity index (χ4v) is 1.55. The lowest BCUT2D eigenvalue weighted by Crippen LogP contribution is -2.12. The fraction of sp³-hybridized carbons (Fsp3) is 0.667. The average molecular weight is 210 g/mol. The maximum Gasteiger partial charge on any atom is 0.331 e. The lowest BCUT2D eigenvalue weighted by molar-refractivity contribution is -0.138. The van der Waals surface area contributed by atoms with Gasteiger partial charge in [0.05, 0.1) is 6.61 Å². The lowest BCUT2D eigenvalue weighted by Gasteiger charge is -2.11. The van der Waals surface area contributed by atoms with Crippen molar-refractivity contribution in [2.45, 2.75) is 45.4 Å². The molecule has 1 saturated carbocycles. The number of Topliss-reactive ketones (excluding diaryl/α,β-unsaturated/α-hetero) is 1. The number of hydrogen-bond acceptors (Lipinski definition) is 3. The highest BCUT2D eigenvalue weighted by Gasteiger charge is 2.16. The van der Waals surface area contributed by atoms with Crippen molar-refractivity contribution in [3.8, 4) is 0 Å². The van der Waals surface area contributed by atoms with E-state index < -0.39 is 0 Å². The van der Waals surface area contributed by atoms with Crippen LogP contribution in [0.1, 0.15) is 45.4 Å². The lowest BCUT2D eigenvalue weighted by atomic mass is 9.93. The van der Waals surface area contributed by atoms with Crippen molar-refractivity contribution in [2.24, 2.45) is 0 Å². The summed E-state index contributed by atoms with van der Waals surface area (Å²) >= 11 is 0. The maximum atomic E-state index is 11.4. The second kappa shape index (κ2) is 6.38. The Morgan fingerprint density at radius 1 is 1.40 bits per heavy atom. The Bertz CT molecular complexity index is 266. The predicted molar refractivity (Wildman–Crippen MR) is 57.4 cm³/mol. The van der Waals surface area contributed by atoms with Crippen LogP contribution in [-0.4, -0.2) is 18.4 Å². The average Bonchev–Trinajstić information content (AvgIpc) is 2.22. The van der Waals surface area contributed by atoms with Crippen LogP contribution in [0.2, 0.25) is 0 Å². The first-order chi connectivity index (χ1) is 7.24. The van der Waals surface area contributed by atoms with Crippen molar-refractivity contribution in [3.63, 3.8) is 0 Å². The van der Waals surface area contributed by atoms with Gasteiger partial charge in [-0.25, -0.2) is 4.79 Å². The molecule has 1 fully saturated rings. The fourth-order valence-electron chi connectivity index (χ4n) is 1.55. The molecular weight excluding hydrogens is 192 g/mol. The van der Waals surface area contributed by atoms with Gasteiger partial charge in [0.1, 0.15) is 0 Å². The number of ether oxygens (including phenoxy) is 1. The van der Waals surface area contributed by atoms with E-state index >= 15 is 0 Å². The molecule has 84 valence electrons. The molecular formula is C12H18O3. The SMILES string of the molecule is CCCCOC(=O)/C=C1/CCCCC1=O. The van der Waals surface area contributed by atoms with Crippen LogP contribution in [0.5, 0.6) is 0 Å². The third-order valence-corrected chi connectivity index (χ3v) is 2.49. The molecule has 1 aliphatic carbocycles. The minimum Gasteiger partial charge on any atom is -0.463 e. The Morgan fingerprint density at radius 3 is 2.80 bits per heavy atom. The first kappa shape index (κ1) is 12.0. The molecule has 1 aliphatic rings. The van der Waals surface area contributed by atoms with E-state index in [0.29, 0.717) is 18.6 Å². The van der Waals surface area contributed by atoms with E-state index in [1.54, 1.807) is 0 Å². The molecule has 0 aromatic carbocycles. The number of rotatable bonds is 4. The van der Waals surface area contributed by atoms with Crippen molar-refractivity contribution in [1.82, 2.24) is 0 Å². The summed E-state index contributed by atoms with van der Waals surface area (Å²) in [4.78, 5) is 22.7. The Morgan fingerprint density at radius 2 is 2.13 bits per heavy atom. The van der Waals surface area contributed by atoms with Gasteiger partial charge in [-0.2, -0.15) is 0 Å². The molecule has 3 heteroatoms. The van der Waals surface area contributed by atoms with Gasteiger partial charge in [0.2, 0.25) is 0 Å². The minimum atomic E-state index is -0.367. The van der Waals surface area contributed by atoms with Crippen molar-refractivity contribution < 1.29 is 14.3 Å². The van der Waals surface area contributed by atoms with Gasteiger partial charge in [0.15, 0.2) is 5.78 Å². The van der Waals surface area contributed by atoms with E-state index in [4.69, 9.17) is 4.74 Å². The Labute approximate surface area is 90.5 Å². The third-order valence-electron chi connectivity index (χ3n) is 2.49. The number of carbonyl (C=O) groups is 2. The topological polar surface area (TPSA) is 43.4 Å². The van der Waals surface area contributed by atoms with E-state index in [0.717, 1.165) is 32.1 Å². The molecule has 0 radical (unpaired) electrons. The highest BCUT2D eigenvalue weighted by atomic mass is 16.5. The number of ketones is 1. The van der Waals surface area contributed by atoms with Gasteiger partial charge >= 0.3 is 5.97 Å². The smallest absolute Gasteiger partial charge is 0.331 e. The first-order valence-corrected chi connectivity index (χ1v) is 5.64. The molecule has 0 saturated heterocycles. The van der Waals surface area contributed by atoms with E-state index in [9.17, 15) is 9.59 Å². The summed E-state index contributed by atoms with van der Waals surface area (Å²) in [6.07, 6.45) is 6.50. The van der Waals surface area contributed by atoms with Crippen LogP contribution in [-0.2, 0) is 14.3 Å². The Hall–Kier alpha value is -1.12. The molecule has 0 aromatic heterocycles. The van der Waals surface area contributed by atoms with Crippen molar-refractivity contribution in [2.75, 3.05) is 6.61 Å². The van der Waals surface area contributed by atoms with Gasteiger partial charge in [-0.1, -0.05) is 13.3 Å². The molecule has 0 heterocycles. The molecule has 0 aliphatic heterocycles. The van der Waals surface area contributed by atoms with Crippen LogP contribution >= 0.6 is 0 Å². The van der Waals surface area contributed by atoms with Crippen molar-refractivity contribution in [3.05, 3.63) is 11.6 Å². The minimum absolute atomic E-state index is 0.105. The Kier molecular flexibility index (Phi) is 5.08. The molecule has 0 amide bonds. The predicted octanol–water partition coefficient (Wildman–Crippen LogP) is 2.40. The van der Waals surface area contributed by atoms with Gasteiger partial charge in [-0.15, -0.1) is 0 Å². The van der Waals surface area contributed by atoms with Crippen LogP contribution in [0.3, 0.4) is 0 Å². The standard InChI is InChI=1S/C12H18O3/c1-2-3-8-15-12(14)9-10-6-4-5-7-11(10)13/h9H,2-8H2,1H3/b10-9-. The molecule has 3 nitrogen and oxygen atoms in total. The van der Waals surface area contributed by atoms with Crippen LogP contribution < -0.4 is 0 Å². The van der Waals surface area contributed by atoms with E-state index in [-0.39, 0.29) is 11.8 Å². The molecule has 0 bridgehead atoms. The monoisotopic (exact) mass is 210 g/mol. The summed E-state index contributed by atoms with van der Waals surface area (Å²) in [5.74, 6) is -0.262. The second-order valence-electron chi connectivity index (χ2n) is 3.82. The first-order valence-electron chi connectivity index (χ1n) is 5.64. The van der Waals surface area contributed by atoms with Gasteiger partial charge in [0.25, 0.3) is 0 Å². The summed E-state index contributed by atoms with van der Waals surface area (Å²) in [6, 6.07) is 0. The number of allylic oxidation sites excluding steroid dienone is 1. The van der Waals surface area contributed by atoms with Crippen LogP contribution in [0.15, 0.2) is 11.6 Å². The third kappa shape index (κ3) is 4.28. The molecule has 1 rings (SSSR count). The number of unbranched alkanes of at least 4 members (excludes halogenated alkanes) is 1. The Balaban J connectivity index is 2.39. The van der Waals surface area contributed by atoms with Gasteiger partial charge < -0.3 is 4.74 Å². The second-order valence-corrected chi connectivity index (χ2v) is 3.82. The van der Waals surface area contributed by atoms with E-state index in [2.05, 4.69) is 0 Å². The maximum absolute atomic E-state index is 11.4. The zero-order valence-corrected chi connectivity index (χ0v) is 9.25. The molecule has 0 spiro atoms. The van der Waals surface area contributed by atoms with E-state index in [1.807, 2.05) is 6.92 Å². The molecule has 0 atom stereocenters. The largest absolute Gasteiger partial charge is 0.463 e. The number of hydrogen-bond donors (Lipinski definition) is 0. The molecule has 15 heavy (non-hydrogen) atoms. The molecule has 0 aromatic rings. The van der Waals surface area contributed by atoms with E-state index in [1.165, 1.54) is 6.08 Å². The number of esters is 1. The van der Waals surface area contributed by atoms with Crippen LogP contribution in [0.4, 0.5) is 0 Å². The van der Waals surface area contributed by atoms with Crippen molar-refractivity contribution >= 4 is 11.8 Å². The number of carbonyl (C=O) groups excluding carboxylic acids is 2. The van der Waals surface area contributed by atoms with Gasteiger partial charge in [0, 0.05) is 18.1 Å². The zero-order valence-electron chi connectivity index (χ0n) is 9.25. The van der Waals surface area contributed by atoms with Crippen molar-refractivity contribution in [1.29, 1.82) is 0 Å². The summed E-state index contributed by atoms with van der Waals surface area (Å²) in [7, 11) is 0. The van der Waals surface area contributed by atoms with Crippen LogP contribution in [0.25, 0.3) is 0 Å².